The van der Waals surface area contributed by atoms with E-state index in [4.69, 9.17) is 4.74 Å². The second kappa shape index (κ2) is 8.20. The molecule has 0 saturated heterocycles. The molecule has 19 heavy (non-hydrogen) atoms. The number of aliphatic hydroxyl groups excluding tert-OH is 1. The van der Waals surface area contributed by atoms with E-state index in [1.807, 2.05) is 0 Å². The van der Waals surface area contributed by atoms with Gasteiger partial charge >= 0.3 is 0 Å². The Labute approximate surface area is 118 Å². The number of hydrogen-bond donors (Lipinski definition) is 2. The summed E-state index contributed by atoms with van der Waals surface area (Å²) in [5.41, 5.74) is 0.291. The van der Waals surface area contributed by atoms with Crippen molar-refractivity contribution in [2.45, 2.75) is 51.7 Å². The molecular weight excluding hydrogens is 240 g/mol. The number of aliphatic hydroxyl groups is 1. The van der Waals surface area contributed by atoms with Crippen LogP contribution in [0.1, 0.15) is 39.5 Å². The van der Waals surface area contributed by atoms with Gasteiger partial charge in [-0.1, -0.05) is 20.3 Å². The molecule has 4 heteroatoms. The maximum Gasteiger partial charge on any atom is 0.0899 e. The van der Waals surface area contributed by atoms with E-state index in [9.17, 15) is 5.11 Å². The summed E-state index contributed by atoms with van der Waals surface area (Å²) >= 11 is 0. The van der Waals surface area contributed by atoms with Gasteiger partial charge in [0.15, 0.2) is 0 Å². The molecule has 0 aromatic carbocycles. The van der Waals surface area contributed by atoms with Crippen LogP contribution >= 0.6 is 0 Å². The first kappa shape index (κ1) is 16.9. The Morgan fingerprint density at radius 2 is 2.16 bits per heavy atom. The van der Waals surface area contributed by atoms with Crippen LogP contribution < -0.4 is 5.32 Å². The molecule has 0 bridgehead atoms. The van der Waals surface area contributed by atoms with Gasteiger partial charge in [-0.2, -0.15) is 0 Å². The molecule has 2 unspecified atom stereocenters. The first-order chi connectivity index (χ1) is 8.99. The fourth-order valence-corrected chi connectivity index (χ4v) is 2.83. The monoisotopic (exact) mass is 272 g/mol. The fraction of sp³-hybridized carbons (Fsp3) is 1.00. The van der Waals surface area contributed by atoms with Crippen LogP contribution in [0.2, 0.25) is 0 Å². The summed E-state index contributed by atoms with van der Waals surface area (Å²) in [6, 6.07) is 0.764. The molecule has 0 aromatic heterocycles. The standard InChI is InChI=1S/C15H32N2O2/c1-5-8-15(2,11-16-13-6-7-13)12-17(3)9-14(18)10-19-4/h13-14,16,18H,5-12H2,1-4H3. The molecule has 0 spiro atoms. The second-order valence-electron chi connectivity index (χ2n) is 6.52. The van der Waals surface area contributed by atoms with Crippen molar-refractivity contribution in [2.75, 3.05) is 40.4 Å². The van der Waals surface area contributed by atoms with Crippen molar-refractivity contribution in [3.8, 4) is 0 Å². The van der Waals surface area contributed by atoms with Gasteiger partial charge in [0, 0.05) is 32.8 Å². The molecule has 2 N–H and O–H groups in total. The smallest absolute Gasteiger partial charge is 0.0899 e. The number of rotatable bonds is 11. The van der Waals surface area contributed by atoms with Crippen molar-refractivity contribution in [2.24, 2.45) is 5.41 Å². The second-order valence-corrected chi connectivity index (χ2v) is 6.52. The first-order valence-corrected chi connectivity index (χ1v) is 7.58. The summed E-state index contributed by atoms with van der Waals surface area (Å²) in [5, 5.41) is 13.4. The summed E-state index contributed by atoms with van der Waals surface area (Å²) in [5.74, 6) is 0. The fourth-order valence-electron chi connectivity index (χ4n) is 2.83. The van der Waals surface area contributed by atoms with Gasteiger partial charge in [-0.15, -0.1) is 0 Å². The van der Waals surface area contributed by atoms with Crippen molar-refractivity contribution in [3.05, 3.63) is 0 Å². The number of nitrogens with one attached hydrogen (secondary N) is 1. The van der Waals surface area contributed by atoms with Crippen molar-refractivity contribution in [1.82, 2.24) is 10.2 Å². The number of hydrogen-bond acceptors (Lipinski definition) is 4. The van der Waals surface area contributed by atoms with Crippen molar-refractivity contribution in [1.29, 1.82) is 0 Å². The van der Waals surface area contributed by atoms with Gasteiger partial charge < -0.3 is 20.1 Å². The Balaban J connectivity index is 2.36. The molecule has 1 rings (SSSR count). The Morgan fingerprint density at radius 1 is 1.47 bits per heavy atom. The largest absolute Gasteiger partial charge is 0.389 e. The van der Waals surface area contributed by atoms with E-state index < -0.39 is 6.10 Å². The molecule has 1 saturated carbocycles. The van der Waals surface area contributed by atoms with Crippen molar-refractivity contribution >= 4 is 0 Å². The maximum absolute atomic E-state index is 9.79. The molecule has 1 aliphatic rings. The van der Waals surface area contributed by atoms with Gasteiger partial charge in [0.2, 0.25) is 0 Å². The number of ether oxygens (including phenoxy) is 1. The van der Waals surface area contributed by atoms with Crippen LogP contribution in [-0.2, 0) is 4.74 Å². The van der Waals surface area contributed by atoms with Gasteiger partial charge in [-0.05, 0) is 31.7 Å². The third-order valence-electron chi connectivity index (χ3n) is 3.78. The van der Waals surface area contributed by atoms with E-state index >= 15 is 0 Å². The Bertz CT molecular complexity index is 246. The third kappa shape index (κ3) is 7.25. The predicted molar refractivity (Wildman–Crippen MR) is 79.4 cm³/mol. The highest BCUT2D eigenvalue weighted by Gasteiger charge is 2.29. The van der Waals surface area contributed by atoms with Gasteiger partial charge in [-0.25, -0.2) is 0 Å². The lowest BCUT2D eigenvalue weighted by Crippen LogP contribution is -2.44. The molecule has 0 amide bonds. The van der Waals surface area contributed by atoms with E-state index in [-0.39, 0.29) is 0 Å². The number of likely N-dealkylation sites (N-methyl/N-ethyl adjacent to an activating group) is 1. The first-order valence-electron chi connectivity index (χ1n) is 7.58. The summed E-state index contributed by atoms with van der Waals surface area (Å²) in [4.78, 5) is 2.23. The average Bonchev–Trinajstić information content (AvgIpc) is 3.10. The lowest BCUT2D eigenvalue weighted by molar-refractivity contribution is 0.0337. The molecule has 0 aromatic rings. The molecule has 4 nitrogen and oxygen atoms in total. The zero-order valence-corrected chi connectivity index (χ0v) is 13.1. The molecule has 1 fully saturated rings. The zero-order valence-electron chi connectivity index (χ0n) is 13.1. The van der Waals surface area contributed by atoms with Crippen molar-refractivity contribution < 1.29 is 9.84 Å². The minimum atomic E-state index is -0.391. The van der Waals surface area contributed by atoms with Gasteiger partial charge in [0.1, 0.15) is 0 Å². The number of nitrogens with zero attached hydrogens (tertiary/aromatic N) is 1. The maximum atomic E-state index is 9.79. The Hall–Kier alpha value is -0.160. The van der Waals surface area contributed by atoms with E-state index in [0.717, 1.165) is 19.1 Å². The topological polar surface area (TPSA) is 44.7 Å². The van der Waals surface area contributed by atoms with Crippen LogP contribution in [0, 0.1) is 5.41 Å². The summed E-state index contributed by atoms with van der Waals surface area (Å²) in [6.07, 6.45) is 4.71. The third-order valence-corrected chi connectivity index (χ3v) is 3.78. The molecule has 0 heterocycles. The van der Waals surface area contributed by atoms with Gasteiger partial charge in [0.25, 0.3) is 0 Å². The molecular formula is C15H32N2O2. The van der Waals surface area contributed by atoms with E-state index in [1.165, 1.54) is 25.7 Å². The number of methoxy groups -OCH3 is 1. The summed E-state index contributed by atoms with van der Waals surface area (Å²) in [6.45, 7) is 7.78. The lowest BCUT2D eigenvalue weighted by Gasteiger charge is -2.35. The van der Waals surface area contributed by atoms with Crippen LogP contribution in [0.15, 0.2) is 0 Å². The lowest BCUT2D eigenvalue weighted by atomic mass is 9.84. The SMILES string of the molecule is CCCC(C)(CNC1CC1)CN(C)CC(O)COC. The highest BCUT2D eigenvalue weighted by atomic mass is 16.5. The van der Waals surface area contributed by atoms with Gasteiger partial charge in [0.05, 0.1) is 12.7 Å². The van der Waals surface area contributed by atoms with Crippen LogP contribution in [0.4, 0.5) is 0 Å². The molecule has 1 aliphatic carbocycles. The van der Waals surface area contributed by atoms with Crippen LogP contribution in [0.5, 0.6) is 0 Å². The minimum absolute atomic E-state index is 0.291. The molecule has 2 atom stereocenters. The normalized spacial score (nSPS) is 20.5. The van der Waals surface area contributed by atoms with Gasteiger partial charge in [-0.3, -0.25) is 0 Å². The minimum Gasteiger partial charge on any atom is -0.389 e. The van der Waals surface area contributed by atoms with Crippen LogP contribution in [0.3, 0.4) is 0 Å². The summed E-state index contributed by atoms with van der Waals surface area (Å²) in [7, 11) is 3.72. The van der Waals surface area contributed by atoms with Crippen LogP contribution in [0.25, 0.3) is 0 Å². The van der Waals surface area contributed by atoms with E-state index in [1.54, 1.807) is 7.11 Å². The quantitative estimate of drug-likeness (QED) is 0.598. The molecule has 114 valence electrons. The predicted octanol–water partition coefficient (Wildman–Crippen LogP) is 1.48. The zero-order chi connectivity index (χ0) is 14.3. The average molecular weight is 272 g/mol. The highest BCUT2D eigenvalue weighted by molar-refractivity contribution is 4.87. The Kier molecular flexibility index (Phi) is 7.29. The molecule has 0 aliphatic heterocycles. The molecule has 0 radical (unpaired) electrons. The summed E-state index contributed by atoms with van der Waals surface area (Å²) < 4.78 is 4.98. The Morgan fingerprint density at radius 3 is 2.68 bits per heavy atom. The van der Waals surface area contributed by atoms with E-state index in [0.29, 0.717) is 18.6 Å². The van der Waals surface area contributed by atoms with E-state index in [2.05, 4.69) is 31.1 Å². The van der Waals surface area contributed by atoms with Crippen molar-refractivity contribution in [3.63, 3.8) is 0 Å². The highest BCUT2D eigenvalue weighted by Crippen LogP contribution is 2.26. The van der Waals surface area contributed by atoms with Crippen LogP contribution in [-0.4, -0.2) is 62.6 Å².